The normalized spacial score (nSPS) is 14.0. The van der Waals surface area contributed by atoms with Gasteiger partial charge in [-0.25, -0.2) is 4.98 Å². The summed E-state index contributed by atoms with van der Waals surface area (Å²) >= 11 is 1.47. The van der Waals surface area contributed by atoms with Crippen LogP contribution in [0.4, 0.5) is 0 Å². The maximum absolute atomic E-state index is 13.4. The summed E-state index contributed by atoms with van der Waals surface area (Å²) in [5.41, 5.74) is 2.50. The van der Waals surface area contributed by atoms with E-state index in [9.17, 15) is 9.59 Å². The van der Waals surface area contributed by atoms with Crippen LogP contribution in [0.25, 0.3) is 0 Å². The maximum atomic E-state index is 13.4. The summed E-state index contributed by atoms with van der Waals surface area (Å²) in [5, 5.41) is 4.69. The topological polar surface area (TPSA) is 88.8 Å². The van der Waals surface area contributed by atoms with E-state index in [-0.39, 0.29) is 11.8 Å². The third-order valence-corrected chi connectivity index (χ3v) is 7.00. The molecule has 0 radical (unpaired) electrons. The van der Waals surface area contributed by atoms with Crippen LogP contribution in [0.15, 0.2) is 58.2 Å². The molecule has 2 amide bonds. The fourth-order valence-corrected chi connectivity index (χ4v) is 4.91. The Hall–Kier alpha value is -3.33. The molecule has 8 nitrogen and oxygen atoms in total. The summed E-state index contributed by atoms with van der Waals surface area (Å²) in [6.07, 6.45) is 3.58. The molecule has 0 N–H and O–H groups in total. The van der Waals surface area contributed by atoms with Crippen LogP contribution in [0, 0.1) is 6.92 Å². The molecule has 3 aromatic rings. The van der Waals surface area contributed by atoms with Crippen LogP contribution in [-0.2, 0) is 17.0 Å². The molecule has 0 saturated carbocycles. The monoisotopic (exact) mass is 494 g/mol. The Labute approximate surface area is 209 Å². The van der Waals surface area contributed by atoms with Crippen molar-refractivity contribution in [3.63, 3.8) is 0 Å². The highest BCUT2D eigenvalue weighted by Gasteiger charge is 2.24. The summed E-state index contributed by atoms with van der Waals surface area (Å²) < 4.78 is 10.3. The van der Waals surface area contributed by atoms with Gasteiger partial charge in [0.05, 0.1) is 18.4 Å². The Morgan fingerprint density at radius 2 is 1.86 bits per heavy atom. The maximum Gasteiger partial charge on any atom is 0.256 e. The standard InChI is InChI=1S/C26H30N4O4S/c1-19-17-21(28-34-19)18-35-25-23(5-3-12-27-25)26(32)30-14-4-13-29(15-16-30)24(31)11-8-20-6-9-22(33-2)10-7-20/h3,5-7,9-10,12,17H,4,8,11,13-16,18H2,1-2H3. The zero-order chi connectivity index (χ0) is 24.6. The van der Waals surface area contributed by atoms with E-state index in [1.807, 2.05) is 53.1 Å². The molecule has 1 fully saturated rings. The molecule has 3 heterocycles. The predicted octanol–water partition coefficient (Wildman–Crippen LogP) is 3.99. The molecule has 0 bridgehead atoms. The zero-order valence-electron chi connectivity index (χ0n) is 20.1. The van der Waals surface area contributed by atoms with Crippen LogP contribution in [0.5, 0.6) is 5.75 Å². The minimum Gasteiger partial charge on any atom is -0.497 e. The van der Waals surface area contributed by atoms with Crippen molar-refractivity contribution in [3.8, 4) is 5.75 Å². The number of pyridine rings is 1. The SMILES string of the molecule is COc1ccc(CCC(=O)N2CCCN(C(=O)c3cccnc3SCc3cc(C)on3)CC2)cc1. The van der Waals surface area contributed by atoms with Crippen molar-refractivity contribution in [1.29, 1.82) is 0 Å². The average Bonchev–Trinajstić information content (AvgIpc) is 3.15. The lowest BCUT2D eigenvalue weighted by atomic mass is 10.1. The lowest BCUT2D eigenvalue weighted by Crippen LogP contribution is -2.37. The lowest BCUT2D eigenvalue weighted by molar-refractivity contribution is -0.131. The number of amides is 2. The highest BCUT2D eigenvalue weighted by Crippen LogP contribution is 2.25. The molecule has 4 rings (SSSR count). The van der Waals surface area contributed by atoms with Crippen molar-refractivity contribution in [3.05, 3.63) is 71.2 Å². The number of carbonyl (C=O) groups excluding carboxylic acids is 2. The minimum absolute atomic E-state index is 0.0514. The van der Waals surface area contributed by atoms with Crippen molar-refractivity contribution in [2.24, 2.45) is 0 Å². The molecule has 184 valence electrons. The molecular weight excluding hydrogens is 464 g/mol. The third kappa shape index (κ3) is 6.63. The number of methoxy groups -OCH3 is 1. The van der Waals surface area contributed by atoms with Crippen molar-refractivity contribution in [2.45, 2.75) is 37.0 Å². The van der Waals surface area contributed by atoms with E-state index in [1.165, 1.54) is 11.8 Å². The Morgan fingerprint density at radius 1 is 1.09 bits per heavy atom. The molecule has 0 unspecified atom stereocenters. The van der Waals surface area contributed by atoms with Crippen molar-refractivity contribution < 1.29 is 18.8 Å². The van der Waals surface area contributed by atoms with Gasteiger partial charge in [-0.3, -0.25) is 9.59 Å². The van der Waals surface area contributed by atoms with Gasteiger partial charge in [0.15, 0.2) is 0 Å². The smallest absolute Gasteiger partial charge is 0.256 e. The van der Waals surface area contributed by atoms with Crippen molar-refractivity contribution >= 4 is 23.6 Å². The number of benzene rings is 1. The van der Waals surface area contributed by atoms with Gasteiger partial charge in [0.1, 0.15) is 16.5 Å². The summed E-state index contributed by atoms with van der Waals surface area (Å²) in [4.78, 5) is 34.3. The van der Waals surface area contributed by atoms with Gasteiger partial charge in [0, 0.05) is 50.6 Å². The Morgan fingerprint density at radius 3 is 2.60 bits per heavy atom. The average molecular weight is 495 g/mol. The van der Waals surface area contributed by atoms with Crippen LogP contribution in [0.3, 0.4) is 0 Å². The number of ether oxygens (including phenoxy) is 1. The molecule has 2 aromatic heterocycles. The van der Waals surface area contributed by atoms with Crippen LogP contribution in [0.1, 0.15) is 40.2 Å². The fourth-order valence-electron chi connectivity index (χ4n) is 4.04. The fraction of sp³-hybridized carbons (Fsp3) is 0.385. The number of carbonyl (C=O) groups is 2. The second kappa shape index (κ2) is 11.9. The first kappa shape index (κ1) is 24.8. The van der Waals surface area contributed by atoms with Crippen LogP contribution in [0.2, 0.25) is 0 Å². The van der Waals surface area contributed by atoms with Gasteiger partial charge in [-0.05, 0) is 49.6 Å². The largest absolute Gasteiger partial charge is 0.497 e. The summed E-state index contributed by atoms with van der Waals surface area (Å²) in [6.45, 7) is 4.17. The highest BCUT2D eigenvalue weighted by atomic mass is 32.2. The highest BCUT2D eigenvalue weighted by molar-refractivity contribution is 7.98. The Kier molecular flexibility index (Phi) is 8.41. The van der Waals surface area contributed by atoms with Gasteiger partial charge in [-0.2, -0.15) is 0 Å². The van der Waals surface area contributed by atoms with E-state index < -0.39 is 0 Å². The van der Waals surface area contributed by atoms with E-state index in [2.05, 4.69) is 10.1 Å². The molecule has 1 aliphatic rings. The van der Waals surface area contributed by atoms with Gasteiger partial charge < -0.3 is 19.1 Å². The van der Waals surface area contributed by atoms with E-state index >= 15 is 0 Å². The molecule has 35 heavy (non-hydrogen) atoms. The van der Waals surface area contributed by atoms with Crippen molar-refractivity contribution in [1.82, 2.24) is 19.9 Å². The number of hydrogen-bond acceptors (Lipinski definition) is 7. The molecule has 1 aliphatic heterocycles. The second-order valence-corrected chi connectivity index (χ2v) is 9.41. The number of rotatable bonds is 8. The molecule has 0 spiro atoms. The van der Waals surface area contributed by atoms with Gasteiger partial charge in [0.2, 0.25) is 5.91 Å². The lowest BCUT2D eigenvalue weighted by Gasteiger charge is -2.23. The van der Waals surface area contributed by atoms with E-state index in [0.29, 0.717) is 55.4 Å². The minimum atomic E-state index is -0.0514. The first-order valence-electron chi connectivity index (χ1n) is 11.7. The predicted molar refractivity (Wildman–Crippen MR) is 133 cm³/mol. The Balaban J connectivity index is 1.32. The molecule has 1 aromatic carbocycles. The van der Waals surface area contributed by atoms with Gasteiger partial charge in [-0.15, -0.1) is 0 Å². The molecule has 0 atom stereocenters. The first-order chi connectivity index (χ1) is 17.0. The van der Waals surface area contributed by atoms with Crippen LogP contribution < -0.4 is 4.74 Å². The van der Waals surface area contributed by atoms with E-state index in [0.717, 1.165) is 29.2 Å². The number of aromatic nitrogens is 2. The number of aryl methyl sites for hydroxylation is 2. The number of hydrogen-bond donors (Lipinski definition) is 0. The van der Waals surface area contributed by atoms with Crippen molar-refractivity contribution in [2.75, 3.05) is 33.3 Å². The third-order valence-electron chi connectivity index (χ3n) is 5.96. The second-order valence-electron chi connectivity index (χ2n) is 8.45. The zero-order valence-corrected chi connectivity index (χ0v) is 20.9. The Bertz CT molecular complexity index is 1150. The molecular formula is C26H30N4O4S. The number of thioether (sulfide) groups is 1. The van der Waals surface area contributed by atoms with Crippen LogP contribution >= 0.6 is 11.8 Å². The van der Waals surface area contributed by atoms with Gasteiger partial charge in [-0.1, -0.05) is 29.1 Å². The summed E-state index contributed by atoms with van der Waals surface area (Å²) in [7, 11) is 1.64. The van der Waals surface area contributed by atoms with E-state index in [1.54, 1.807) is 19.4 Å². The molecule has 9 heteroatoms. The van der Waals surface area contributed by atoms with E-state index in [4.69, 9.17) is 9.26 Å². The summed E-state index contributed by atoms with van der Waals surface area (Å²) in [6, 6.07) is 13.3. The van der Waals surface area contributed by atoms with Gasteiger partial charge in [0.25, 0.3) is 5.91 Å². The quantitative estimate of drug-likeness (QED) is 0.438. The first-order valence-corrected chi connectivity index (χ1v) is 12.7. The molecule has 1 saturated heterocycles. The van der Waals surface area contributed by atoms with Gasteiger partial charge >= 0.3 is 0 Å². The summed E-state index contributed by atoms with van der Waals surface area (Å²) in [5.74, 6) is 2.21. The molecule has 0 aliphatic carbocycles. The number of nitrogens with zero attached hydrogens (tertiary/aromatic N) is 4. The van der Waals surface area contributed by atoms with Crippen LogP contribution in [-0.4, -0.2) is 65.0 Å².